The van der Waals surface area contributed by atoms with Crippen LogP contribution in [0, 0.1) is 10.8 Å². The second-order valence-corrected chi connectivity index (χ2v) is 7.84. The molecule has 3 aromatic heterocycles. The highest BCUT2D eigenvalue weighted by Gasteiger charge is 2.12. The monoisotopic (exact) mass is 458 g/mol. The molecule has 0 atom stereocenters. The van der Waals surface area contributed by atoms with Gasteiger partial charge in [0.25, 0.3) is 0 Å². The standard InChI is InChI=1S/C24H30N10/c1-15(2)17-8-23(34-31-13-17)33-22-6-5-20-21(32-22)7-18(12-29-20)19(14-28-4)24(26)30-11-16(9-25)10-27-3/h5-10,12-15,25,27-28H,11H2,1-4H3,(H2,26,30)(H,32,33,34)/b16-10+,19-14-,25-9?. The third-order valence-corrected chi connectivity index (χ3v) is 4.99. The van der Waals surface area contributed by atoms with E-state index in [9.17, 15) is 0 Å². The van der Waals surface area contributed by atoms with Crippen molar-refractivity contribution in [1.82, 2.24) is 36.1 Å². The maximum atomic E-state index is 8.52. The molecular formula is C24H30N10. The fourth-order valence-electron chi connectivity index (χ4n) is 3.17. The van der Waals surface area contributed by atoms with E-state index in [0.29, 0.717) is 35.2 Å². The second-order valence-electron chi connectivity index (χ2n) is 7.84. The van der Waals surface area contributed by atoms with Crippen LogP contribution in [0.3, 0.4) is 0 Å². The Morgan fingerprint density at radius 1 is 1.03 bits per heavy atom. The van der Waals surface area contributed by atoms with Gasteiger partial charge in [-0.3, -0.25) is 10.4 Å². The third kappa shape index (κ3) is 6.12. The van der Waals surface area contributed by atoms with Gasteiger partial charge in [-0.05, 0) is 35.7 Å². The molecule has 0 spiro atoms. The van der Waals surface area contributed by atoms with Crippen LogP contribution in [-0.4, -0.2) is 52.9 Å². The highest BCUT2D eigenvalue weighted by Crippen LogP contribution is 2.22. The fourth-order valence-corrected chi connectivity index (χ4v) is 3.17. The van der Waals surface area contributed by atoms with E-state index in [4.69, 9.17) is 15.8 Å². The number of amidine groups is 1. The van der Waals surface area contributed by atoms with Gasteiger partial charge in [-0.15, -0.1) is 5.10 Å². The van der Waals surface area contributed by atoms with Gasteiger partial charge in [0.05, 0.1) is 17.2 Å². The number of nitrogens with zero attached hydrogens (tertiary/aromatic N) is 4. The van der Waals surface area contributed by atoms with E-state index in [1.54, 1.807) is 38.9 Å². The van der Waals surface area contributed by atoms with Crippen molar-refractivity contribution in [3.8, 4) is 0 Å². The molecule has 3 rings (SSSR count). The fraction of sp³-hybridized carbons (Fsp3) is 0.250. The summed E-state index contributed by atoms with van der Waals surface area (Å²) >= 11 is 0. The van der Waals surface area contributed by atoms with Crippen molar-refractivity contribution in [1.29, 1.82) is 10.8 Å². The normalized spacial score (nSPS) is 11.9. The van der Waals surface area contributed by atoms with Crippen molar-refractivity contribution in [2.45, 2.75) is 19.8 Å². The molecular weight excluding hydrogens is 428 g/mol. The lowest BCUT2D eigenvalue weighted by molar-refractivity contribution is 0.843. The van der Waals surface area contributed by atoms with Crippen LogP contribution in [0.15, 0.2) is 54.6 Å². The van der Waals surface area contributed by atoms with E-state index in [2.05, 4.69) is 50.3 Å². The summed E-state index contributed by atoms with van der Waals surface area (Å²) in [5.41, 5.74) is 4.59. The lowest BCUT2D eigenvalue weighted by Crippen LogP contribution is -2.27. The summed E-state index contributed by atoms with van der Waals surface area (Å²) in [4.78, 5) is 9.22. The first-order valence-electron chi connectivity index (χ1n) is 10.9. The van der Waals surface area contributed by atoms with Crippen LogP contribution in [0.1, 0.15) is 30.9 Å². The maximum Gasteiger partial charge on any atom is 0.154 e. The summed E-state index contributed by atoms with van der Waals surface area (Å²) in [7, 11) is 3.55. The van der Waals surface area contributed by atoms with Gasteiger partial charge < -0.3 is 26.7 Å². The summed E-state index contributed by atoms with van der Waals surface area (Å²) in [6.07, 6.45) is 8.17. The molecule has 10 nitrogen and oxygen atoms in total. The summed E-state index contributed by atoms with van der Waals surface area (Å²) < 4.78 is 0. The molecule has 0 aliphatic carbocycles. The first-order valence-corrected chi connectivity index (χ1v) is 10.9. The zero-order chi connectivity index (χ0) is 24.5. The molecule has 0 fully saturated rings. The van der Waals surface area contributed by atoms with Crippen molar-refractivity contribution in [2.75, 3.05) is 26.0 Å². The van der Waals surface area contributed by atoms with Crippen LogP contribution in [0.25, 0.3) is 16.6 Å². The second kappa shape index (κ2) is 11.5. The van der Waals surface area contributed by atoms with Gasteiger partial charge in [-0.2, -0.15) is 5.10 Å². The first kappa shape index (κ1) is 24.3. The van der Waals surface area contributed by atoms with E-state index >= 15 is 0 Å². The van der Waals surface area contributed by atoms with E-state index in [-0.39, 0.29) is 5.84 Å². The topological polar surface area (TPSA) is 147 Å². The number of aromatic nitrogens is 4. The predicted molar refractivity (Wildman–Crippen MR) is 138 cm³/mol. The molecule has 0 aliphatic rings. The highest BCUT2D eigenvalue weighted by molar-refractivity contribution is 6.21. The molecule has 3 aromatic rings. The van der Waals surface area contributed by atoms with E-state index in [1.807, 2.05) is 24.3 Å². The Morgan fingerprint density at radius 3 is 2.53 bits per heavy atom. The number of fused-ring (bicyclic) bond motifs is 1. The molecule has 3 heterocycles. The molecule has 0 aromatic carbocycles. The van der Waals surface area contributed by atoms with Gasteiger partial charge in [0.15, 0.2) is 5.82 Å². The lowest BCUT2D eigenvalue weighted by Gasteiger charge is -2.13. The van der Waals surface area contributed by atoms with Crippen LogP contribution < -0.4 is 21.3 Å². The van der Waals surface area contributed by atoms with Crippen LogP contribution in [-0.2, 0) is 0 Å². The van der Waals surface area contributed by atoms with E-state index < -0.39 is 0 Å². The van der Waals surface area contributed by atoms with Crippen molar-refractivity contribution in [3.63, 3.8) is 0 Å². The Labute approximate surface area is 199 Å². The van der Waals surface area contributed by atoms with Gasteiger partial charge in [0.2, 0.25) is 0 Å². The predicted octanol–water partition coefficient (Wildman–Crippen LogP) is 3.17. The van der Waals surface area contributed by atoms with Crippen molar-refractivity contribution >= 4 is 40.3 Å². The minimum absolute atomic E-state index is 0.203. The molecule has 0 radical (unpaired) electrons. The number of hydrogen-bond donors (Lipinski definition) is 6. The van der Waals surface area contributed by atoms with Gasteiger partial charge in [0, 0.05) is 62.2 Å². The zero-order valence-corrected chi connectivity index (χ0v) is 19.8. The summed E-state index contributed by atoms with van der Waals surface area (Å²) in [6, 6.07) is 7.59. The Bertz CT molecular complexity index is 1230. The summed E-state index contributed by atoms with van der Waals surface area (Å²) in [6.45, 7) is 4.55. The number of rotatable bonds is 10. The molecule has 0 saturated carbocycles. The first-order chi connectivity index (χ1) is 16.4. The molecule has 0 unspecified atom stereocenters. The quantitative estimate of drug-likeness (QED) is 0.200. The lowest BCUT2D eigenvalue weighted by atomic mass is 10.1. The van der Waals surface area contributed by atoms with Crippen molar-refractivity contribution in [3.05, 3.63) is 65.8 Å². The molecule has 34 heavy (non-hydrogen) atoms. The largest absolute Gasteiger partial charge is 0.394 e. The van der Waals surface area contributed by atoms with Gasteiger partial charge in [-0.25, -0.2) is 4.98 Å². The molecule has 0 aliphatic heterocycles. The van der Waals surface area contributed by atoms with Crippen molar-refractivity contribution in [2.24, 2.45) is 0 Å². The van der Waals surface area contributed by atoms with Crippen LogP contribution in [0.2, 0.25) is 0 Å². The average molecular weight is 459 g/mol. The number of hydrogen-bond acceptors (Lipinski definition) is 9. The van der Waals surface area contributed by atoms with Gasteiger partial charge >= 0.3 is 0 Å². The minimum atomic E-state index is 0.203. The molecule has 0 saturated heterocycles. The molecule has 6 N–H and O–H groups in total. The van der Waals surface area contributed by atoms with E-state index in [0.717, 1.165) is 22.2 Å². The van der Waals surface area contributed by atoms with Gasteiger partial charge in [0.1, 0.15) is 11.7 Å². The van der Waals surface area contributed by atoms with Crippen LogP contribution in [0.5, 0.6) is 0 Å². The number of pyridine rings is 2. The molecule has 10 heteroatoms. The number of nitrogens with one attached hydrogen (secondary N) is 6. The summed E-state index contributed by atoms with van der Waals surface area (Å²) in [5.74, 6) is 1.80. The minimum Gasteiger partial charge on any atom is -0.394 e. The molecule has 0 bridgehead atoms. The Kier molecular flexibility index (Phi) is 8.22. The van der Waals surface area contributed by atoms with E-state index in [1.165, 1.54) is 6.21 Å². The SMILES string of the molecule is CN/C=C(\C=N)CNC(=N)/C(=C\NC)c1cnc2ccc(Nc3cc(C(C)C)cnn3)nc2c1. The Morgan fingerprint density at radius 2 is 1.82 bits per heavy atom. The van der Waals surface area contributed by atoms with Gasteiger partial charge in [-0.1, -0.05) is 13.8 Å². The van der Waals surface area contributed by atoms with Crippen molar-refractivity contribution < 1.29 is 0 Å². The van der Waals surface area contributed by atoms with Crippen LogP contribution in [0.4, 0.5) is 11.6 Å². The summed E-state index contributed by atoms with van der Waals surface area (Å²) in [5, 5.41) is 36.4. The average Bonchev–Trinajstić information content (AvgIpc) is 2.84. The molecule has 0 amide bonds. The maximum absolute atomic E-state index is 8.52. The Hall–Kier alpha value is -4.34. The highest BCUT2D eigenvalue weighted by atomic mass is 15.2. The third-order valence-electron chi connectivity index (χ3n) is 4.99. The zero-order valence-electron chi connectivity index (χ0n) is 19.8. The van der Waals surface area contributed by atoms with Crippen LogP contribution >= 0.6 is 0 Å². The smallest absolute Gasteiger partial charge is 0.154 e. The Balaban J connectivity index is 1.86. The number of anilines is 2. The molecule has 176 valence electrons.